The van der Waals surface area contributed by atoms with Crippen molar-refractivity contribution in [2.24, 2.45) is 0 Å². The van der Waals surface area contributed by atoms with Crippen LogP contribution in [0.3, 0.4) is 0 Å². The highest BCUT2D eigenvalue weighted by atomic mass is 14.8. The molecule has 106 valence electrons. The predicted molar refractivity (Wildman–Crippen MR) is 87.3 cm³/mol. The Morgan fingerprint density at radius 2 is 1.65 bits per heavy atom. The molecule has 0 saturated carbocycles. The van der Waals surface area contributed by atoms with Crippen LogP contribution in [-0.2, 0) is 6.42 Å². The summed E-state index contributed by atoms with van der Waals surface area (Å²) in [6, 6.07) is 17.8. The fourth-order valence-electron chi connectivity index (χ4n) is 2.75. The van der Waals surface area contributed by atoms with Crippen LogP contribution < -0.4 is 5.32 Å². The number of nitrogens with one attached hydrogen (secondary N) is 1. The molecule has 0 fully saturated rings. The number of hydrogen-bond acceptors (Lipinski definition) is 1. The van der Waals surface area contributed by atoms with Gasteiger partial charge in [-0.2, -0.15) is 0 Å². The van der Waals surface area contributed by atoms with Gasteiger partial charge in [-0.1, -0.05) is 59.7 Å². The molecule has 0 amide bonds. The zero-order chi connectivity index (χ0) is 14.4. The van der Waals surface area contributed by atoms with Crippen molar-refractivity contribution in [3.05, 3.63) is 70.8 Å². The van der Waals surface area contributed by atoms with Crippen LogP contribution in [0, 0.1) is 13.8 Å². The van der Waals surface area contributed by atoms with Gasteiger partial charge in [-0.3, -0.25) is 0 Å². The van der Waals surface area contributed by atoms with E-state index in [1.165, 1.54) is 28.7 Å². The molecule has 1 nitrogen and oxygen atoms in total. The molecule has 2 aromatic rings. The number of aryl methyl sites for hydroxylation is 2. The molecule has 0 bridgehead atoms. The van der Waals surface area contributed by atoms with Gasteiger partial charge in [-0.15, -0.1) is 0 Å². The fourth-order valence-corrected chi connectivity index (χ4v) is 2.75. The number of hydrogen-bond donors (Lipinski definition) is 1. The Balaban J connectivity index is 2.19. The Hall–Kier alpha value is -1.60. The average molecular weight is 267 g/mol. The smallest absolute Gasteiger partial charge is 0.00460 e. The molecule has 2 aromatic carbocycles. The Bertz CT molecular complexity index is 545. The van der Waals surface area contributed by atoms with E-state index < -0.39 is 0 Å². The first-order valence-electron chi connectivity index (χ1n) is 7.46. The molecule has 1 N–H and O–H groups in total. The summed E-state index contributed by atoms with van der Waals surface area (Å²) >= 11 is 0. The molecule has 0 aromatic heterocycles. The molecule has 1 heteroatoms. The Morgan fingerprint density at radius 1 is 0.950 bits per heavy atom. The molecule has 1 atom stereocenters. The van der Waals surface area contributed by atoms with Crippen LogP contribution in [0.15, 0.2) is 48.5 Å². The minimum Gasteiger partial charge on any atom is -0.320 e. The molecular weight excluding hydrogens is 242 g/mol. The van der Waals surface area contributed by atoms with Gasteiger partial charge in [0.05, 0.1) is 0 Å². The minimum atomic E-state index is 0.587. The van der Waals surface area contributed by atoms with Crippen LogP contribution >= 0.6 is 0 Å². The summed E-state index contributed by atoms with van der Waals surface area (Å²) in [4.78, 5) is 0. The lowest BCUT2D eigenvalue weighted by Crippen LogP contribution is -2.14. The van der Waals surface area contributed by atoms with E-state index in [0.29, 0.717) is 5.92 Å². The molecule has 0 aliphatic carbocycles. The molecule has 20 heavy (non-hydrogen) atoms. The highest BCUT2D eigenvalue weighted by molar-refractivity contribution is 5.29. The van der Waals surface area contributed by atoms with Gasteiger partial charge in [0.1, 0.15) is 0 Å². The monoisotopic (exact) mass is 267 g/mol. The van der Waals surface area contributed by atoms with E-state index in [0.717, 1.165) is 13.0 Å². The highest BCUT2D eigenvalue weighted by Crippen LogP contribution is 2.25. The van der Waals surface area contributed by atoms with Crippen LogP contribution in [-0.4, -0.2) is 13.6 Å². The molecule has 0 spiro atoms. The van der Waals surface area contributed by atoms with Crippen molar-refractivity contribution in [1.82, 2.24) is 5.32 Å². The molecule has 0 saturated heterocycles. The van der Waals surface area contributed by atoms with Crippen LogP contribution in [0.2, 0.25) is 0 Å². The van der Waals surface area contributed by atoms with Gasteiger partial charge in [0.15, 0.2) is 0 Å². The third-order valence-corrected chi connectivity index (χ3v) is 3.82. The van der Waals surface area contributed by atoms with Crippen molar-refractivity contribution in [2.45, 2.75) is 32.6 Å². The van der Waals surface area contributed by atoms with Crippen molar-refractivity contribution in [3.63, 3.8) is 0 Å². The summed E-state index contributed by atoms with van der Waals surface area (Å²) in [5.74, 6) is 0.587. The van der Waals surface area contributed by atoms with Gasteiger partial charge in [0, 0.05) is 0 Å². The lowest BCUT2D eigenvalue weighted by molar-refractivity contribution is 0.592. The van der Waals surface area contributed by atoms with E-state index in [1.54, 1.807) is 0 Å². The maximum Gasteiger partial charge on any atom is -0.00460 e. The highest BCUT2D eigenvalue weighted by Gasteiger charge is 2.12. The summed E-state index contributed by atoms with van der Waals surface area (Å²) in [6.45, 7) is 5.40. The zero-order valence-corrected chi connectivity index (χ0v) is 12.8. The lowest BCUT2D eigenvalue weighted by Gasteiger charge is -2.18. The molecule has 0 heterocycles. The number of benzene rings is 2. The summed E-state index contributed by atoms with van der Waals surface area (Å²) in [5, 5.41) is 3.28. The van der Waals surface area contributed by atoms with E-state index >= 15 is 0 Å². The topological polar surface area (TPSA) is 12.0 Å². The molecule has 2 rings (SSSR count). The van der Waals surface area contributed by atoms with E-state index in [2.05, 4.69) is 67.7 Å². The van der Waals surface area contributed by atoms with Crippen LogP contribution in [0.1, 0.15) is 34.6 Å². The maximum atomic E-state index is 3.28. The van der Waals surface area contributed by atoms with Gasteiger partial charge in [-0.05, 0) is 57.3 Å². The normalized spacial score (nSPS) is 12.3. The minimum absolute atomic E-state index is 0.587. The van der Waals surface area contributed by atoms with Crippen LogP contribution in [0.25, 0.3) is 0 Å². The zero-order valence-electron chi connectivity index (χ0n) is 12.8. The molecular formula is C19H25N. The van der Waals surface area contributed by atoms with E-state index in [9.17, 15) is 0 Å². The summed E-state index contributed by atoms with van der Waals surface area (Å²) in [5.41, 5.74) is 5.59. The van der Waals surface area contributed by atoms with Gasteiger partial charge >= 0.3 is 0 Å². The molecule has 0 aliphatic rings. The predicted octanol–water partition coefficient (Wildman–Crippen LogP) is 4.24. The van der Waals surface area contributed by atoms with Crippen LogP contribution in [0.4, 0.5) is 0 Å². The first-order valence-corrected chi connectivity index (χ1v) is 7.46. The fraction of sp³-hybridized carbons (Fsp3) is 0.368. The standard InChI is InChI=1S/C19H25N/c1-15-6-4-8-17(12-15)14-19(10-11-20-3)18-9-5-7-16(2)13-18/h4-9,12-13,19-20H,10-11,14H2,1-3H3. The van der Waals surface area contributed by atoms with Crippen molar-refractivity contribution in [3.8, 4) is 0 Å². The van der Waals surface area contributed by atoms with Crippen molar-refractivity contribution < 1.29 is 0 Å². The third-order valence-electron chi connectivity index (χ3n) is 3.82. The van der Waals surface area contributed by atoms with E-state index in [4.69, 9.17) is 0 Å². The largest absolute Gasteiger partial charge is 0.320 e. The Morgan fingerprint density at radius 3 is 2.30 bits per heavy atom. The quantitative estimate of drug-likeness (QED) is 0.825. The van der Waals surface area contributed by atoms with Crippen molar-refractivity contribution in [2.75, 3.05) is 13.6 Å². The van der Waals surface area contributed by atoms with E-state index in [-0.39, 0.29) is 0 Å². The Labute approximate surface area is 123 Å². The van der Waals surface area contributed by atoms with Gasteiger partial charge < -0.3 is 5.32 Å². The summed E-state index contributed by atoms with van der Waals surface area (Å²) in [7, 11) is 2.03. The lowest BCUT2D eigenvalue weighted by atomic mass is 9.88. The molecule has 0 aliphatic heterocycles. The molecule has 1 unspecified atom stereocenters. The second-order valence-corrected chi connectivity index (χ2v) is 5.70. The van der Waals surface area contributed by atoms with E-state index in [1.807, 2.05) is 7.05 Å². The van der Waals surface area contributed by atoms with Crippen LogP contribution in [0.5, 0.6) is 0 Å². The van der Waals surface area contributed by atoms with Crippen molar-refractivity contribution >= 4 is 0 Å². The van der Waals surface area contributed by atoms with Gasteiger partial charge in [-0.25, -0.2) is 0 Å². The summed E-state index contributed by atoms with van der Waals surface area (Å²) in [6.07, 6.45) is 2.29. The first kappa shape index (κ1) is 14.8. The average Bonchev–Trinajstić information content (AvgIpc) is 2.43. The number of rotatable bonds is 6. The SMILES string of the molecule is CNCCC(Cc1cccc(C)c1)c1cccc(C)c1. The molecule has 0 radical (unpaired) electrons. The Kier molecular flexibility index (Phi) is 5.37. The second kappa shape index (κ2) is 7.25. The first-order chi connectivity index (χ1) is 9.69. The van der Waals surface area contributed by atoms with Gasteiger partial charge in [0.25, 0.3) is 0 Å². The van der Waals surface area contributed by atoms with Gasteiger partial charge in [0.2, 0.25) is 0 Å². The summed E-state index contributed by atoms with van der Waals surface area (Å²) < 4.78 is 0. The maximum absolute atomic E-state index is 3.28. The second-order valence-electron chi connectivity index (χ2n) is 5.70. The van der Waals surface area contributed by atoms with Crippen molar-refractivity contribution in [1.29, 1.82) is 0 Å². The third kappa shape index (κ3) is 4.21.